The summed E-state index contributed by atoms with van der Waals surface area (Å²) in [5, 5.41) is 4.18. The lowest BCUT2D eigenvalue weighted by atomic mass is 10.0. The largest absolute Gasteiger partial charge is 0.294 e. The second kappa shape index (κ2) is 5.65. The molecule has 2 rings (SSSR count). The number of aromatic nitrogens is 2. The van der Waals surface area contributed by atoms with Gasteiger partial charge in [0.15, 0.2) is 5.78 Å². The zero-order valence-electron chi connectivity index (χ0n) is 10.5. The fourth-order valence-electron chi connectivity index (χ4n) is 1.81. The van der Waals surface area contributed by atoms with Crippen LogP contribution >= 0.6 is 22.6 Å². The SMILES string of the molecule is CCn1cc(CC(=O)c2cccc(C)c2I)cn1. The van der Waals surface area contributed by atoms with Gasteiger partial charge in [-0.2, -0.15) is 5.10 Å². The number of benzene rings is 1. The van der Waals surface area contributed by atoms with Crippen molar-refractivity contribution in [1.29, 1.82) is 0 Å². The van der Waals surface area contributed by atoms with E-state index in [9.17, 15) is 4.79 Å². The first-order chi connectivity index (χ1) is 8.61. The summed E-state index contributed by atoms with van der Waals surface area (Å²) >= 11 is 2.23. The van der Waals surface area contributed by atoms with Crippen LogP contribution in [0.3, 0.4) is 0 Å². The normalized spacial score (nSPS) is 10.6. The van der Waals surface area contributed by atoms with Crippen LogP contribution in [0.5, 0.6) is 0 Å². The van der Waals surface area contributed by atoms with Crippen molar-refractivity contribution >= 4 is 28.4 Å². The summed E-state index contributed by atoms with van der Waals surface area (Å²) in [5.41, 5.74) is 2.92. The number of hydrogen-bond acceptors (Lipinski definition) is 2. The van der Waals surface area contributed by atoms with Crippen LogP contribution in [-0.4, -0.2) is 15.6 Å². The minimum absolute atomic E-state index is 0.152. The molecule has 0 radical (unpaired) electrons. The highest BCUT2D eigenvalue weighted by Gasteiger charge is 2.12. The molecular weight excluding hydrogens is 339 g/mol. The molecule has 1 heterocycles. The summed E-state index contributed by atoms with van der Waals surface area (Å²) in [6.07, 6.45) is 4.12. The van der Waals surface area contributed by atoms with Gasteiger partial charge in [0.2, 0.25) is 0 Å². The van der Waals surface area contributed by atoms with Crippen LogP contribution in [0.4, 0.5) is 0 Å². The zero-order chi connectivity index (χ0) is 13.1. The van der Waals surface area contributed by atoms with Gasteiger partial charge in [0.05, 0.1) is 6.20 Å². The third kappa shape index (κ3) is 2.80. The molecule has 0 saturated heterocycles. The lowest BCUT2D eigenvalue weighted by molar-refractivity contribution is 0.0992. The molecule has 0 unspecified atom stereocenters. The Morgan fingerprint density at radius 1 is 1.44 bits per heavy atom. The predicted octanol–water partition coefficient (Wildman–Crippen LogP) is 3.24. The molecule has 94 valence electrons. The quantitative estimate of drug-likeness (QED) is 0.624. The van der Waals surface area contributed by atoms with Crippen molar-refractivity contribution in [2.45, 2.75) is 26.8 Å². The Morgan fingerprint density at radius 2 is 2.22 bits per heavy atom. The van der Waals surface area contributed by atoms with Crippen molar-refractivity contribution in [1.82, 2.24) is 9.78 Å². The van der Waals surface area contributed by atoms with Gasteiger partial charge in [-0.15, -0.1) is 0 Å². The number of nitrogens with zero attached hydrogens (tertiary/aromatic N) is 2. The third-order valence-corrected chi connectivity index (χ3v) is 4.30. The number of ketones is 1. The summed E-state index contributed by atoms with van der Waals surface area (Å²) in [5.74, 6) is 0.152. The molecule has 0 atom stereocenters. The van der Waals surface area contributed by atoms with Gasteiger partial charge in [-0.05, 0) is 47.6 Å². The van der Waals surface area contributed by atoms with Crippen molar-refractivity contribution < 1.29 is 4.79 Å². The first kappa shape index (κ1) is 13.3. The lowest BCUT2D eigenvalue weighted by Gasteiger charge is -2.05. The summed E-state index contributed by atoms with van der Waals surface area (Å²) in [6.45, 7) is 4.88. The first-order valence-electron chi connectivity index (χ1n) is 5.91. The fraction of sp³-hybridized carbons (Fsp3) is 0.286. The van der Waals surface area contributed by atoms with Crippen LogP contribution in [0.1, 0.15) is 28.4 Å². The Bertz CT molecular complexity index is 575. The van der Waals surface area contributed by atoms with Crippen molar-refractivity contribution in [3.05, 3.63) is 50.9 Å². The molecule has 0 bridgehead atoms. The summed E-state index contributed by atoms with van der Waals surface area (Å²) < 4.78 is 2.88. The molecule has 1 aromatic carbocycles. The molecule has 0 aliphatic heterocycles. The standard InChI is InChI=1S/C14H15IN2O/c1-3-17-9-11(8-16-17)7-13(18)12-6-4-5-10(2)14(12)15/h4-6,8-9H,3,7H2,1-2H3. The molecular formula is C14H15IN2O. The Kier molecular flexibility index (Phi) is 4.16. The molecule has 0 N–H and O–H groups in total. The van der Waals surface area contributed by atoms with E-state index in [2.05, 4.69) is 27.7 Å². The summed E-state index contributed by atoms with van der Waals surface area (Å²) in [4.78, 5) is 12.2. The van der Waals surface area contributed by atoms with Crippen LogP contribution in [0, 0.1) is 10.5 Å². The molecule has 0 fully saturated rings. The molecule has 0 aliphatic rings. The Morgan fingerprint density at radius 3 is 2.89 bits per heavy atom. The van der Waals surface area contributed by atoms with Gasteiger partial charge in [-0.25, -0.2) is 0 Å². The van der Waals surface area contributed by atoms with E-state index in [0.717, 1.165) is 26.8 Å². The molecule has 4 heteroatoms. The van der Waals surface area contributed by atoms with E-state index < -0.39 is 0 Å². The van der Waals surface area contributed by atoms with Gasteiger partial charge >= 0.3 is 0 Å². The topological polar surface area (TPSA) is 34.9 Å². The average molecular weight is 354 g/mol. The van der Waals surface area contributed by atoms with E-state index >= 15 is 0 Å². The van der Waals surface area contributed by atoms with Crippen LogP contribution in [0.25, 0.3) is 0 Å². The molecule has 1 aromatic heterocycles. The maximum Gasteiger partial charge on any atom is 0.168 e. The molecule has 3 nitrogen and oxygen atoms in total. The van der Waals surface area contributed by atoms with E-state index in [1.165, 1.54) is 0 Å². The molecule has 2 aromatic rings. The molecule has 0 amide bonds. The van der Waals surface area contributed by atoms with Crippen molar-refractivity contribution in [3.63, 3.8) is 0 Å². The molecule has 0 aliphatic carbocycles. The molecule has 18 heavy (non-hydrogen) atoms. The second-order valence-electron chi connectivity index (χ2n) is 4.24. The zero-order valence-corrected chi connectivity index (χ0v) is 12.6. The number of carbonyl (C=O) groups excluding carboxylic acids is 1. The summed E-state index contributed by atoms with van der Waals surface area (Å²) in [6, 6.07) is 5.84. The van der Waals surface area contributed by atoms with E-state index in [0.29, 0.717) is 6.42 Å². The van der Waals surface area contributed by atoms with Gasteiger partial charge in [0.1, 0.15) is 0 Å². The van der Waals surface area contributed by atoms with Crippen molar-refractivity contribution in [2.75, 3.05) is 0 Å². The maximum absolute atomic E-state index is 12.2. The van der Waals surface area contributed by atoms with Crippen LogP contribution in [0.2, 0.25) is 0 Å². The third-order valence-electron chi connectivity index (χ3n) is 2.87. The van der Waals surface area contributed by atoms with E-state index in [-0.39, 0.29) is 5.78 Å². The Labute approximate surface area is 120 Å². The highest BCUT2D eigenvalue weighted by atomic mass is 127. The predicted molar refractivity (Wildman–Crippen MR) is 79.8 cm³/mol. The minimum atomic E-state index is 0.152. The number of halogens is 1. The van der Waals surface area contributed by atoms with Gasteiger partial charge in [-0.1, -0.05) is 18.2 Å². The van der Waals surface area contributed by atoms with E-state index in [1.807, 2.05) is 42.9 Å². The Balaban J connectivity index is 2.19. The minimum Gasteiger partial charge on any atom is -0.294 e. The van der Waals surface area contributed by atoms with Crippen LogP contribution in [0.15, 0.2) is 30.6 Å². The van der Waals surface area contributed by atoms with Crippen molar-refractivity contribution in [3.8, 4) is 0 Å². The lowest BCUT2D eigenvalue weighted by Crippen LogP contribution is -2.06. The first-order valence-corrected chi connectivity index (χ1v) is 6.99. The highest BCUT2D eigenvalue weighted by molar-refractivity contribution is 14.1. The average Bonchev–Trinajstić information content (AvgIpc) is 2.80. The highest BCUT2D eigenvalue weighted by Crippen LogP contribution is 2.18. The van der Waals surface area contributed by atoms with E-state index in [4.69, 9.17) is 0 Å². The number of Topliss-reactive ketones (excluding diaryl/α,β-unsaturated/α-hetero) is 1. The summed E-state index contributed by atoms with van der Waals surface area (Å²) in [7, 11) is 0. The Hall–Kier alpha value is -1.17. The smallest absolute Gasteiger partial charge is 0.168 e. The number of hydrogen-bond donors (Lipinski definition) is 0. The number of rotatable bonds is 4. The number of carbonyl (C=O) groups is 1. The second-order valence-corrected chi connectivity index (χ2v) is 5.32. The van der Waals surface area contributed by atoms with Gasteiger partial charge in [0, 0.05) is 28.3 Å². The van der Waals surface area contributed by atoms with Crippen molar-refractivity contribution in [2.24, 2.45) is 0 Å². The van der Waals surface area contributed by atoms with Gasteiger partial charge < -0.3 is 0 Å². The van der Waals surface area contributed by atoms with Crippen LogP contribution < -0.4 is 0 Å². The van der Waals surface area contributed by atoms with Gasteiger partial charge in [-0.3, -0.25) is 9.48 Å². The maximum atomic E-state index is 12.2. The van der Waals surface area contributed by atoms with Gasteiger partial charge in [0.25, 0.3) is 0 Å². The molecule has 0 spiro atoms. The monoisotopic (exact) mass is 354 g/mol. The van der Waals surface area contributed by atoms with Crippen LogP contribution in [-0.2, 0) is 13.0 Å². The van der Waals surface area contributed by atoms with E-state index in [1.54, 1.807) is 6.20 Å². The number of aryl methyl sites for hydroxylation is 2. The molecule has 0 saturated carbocycles. The fourth-order valence-corrected chi connectivity index (χ4v) is 2.47.